The van der Waals surface area contributed by atoms with Crippen LogP contribution in [0.25, 0.3) is 0 Å². The van der Waals surface area contributed by atoms with Gasteiger partial charge in [0.2, 0.25) is 6.29 Å². The summed E-state index contributed by atoms with van der Waals surface area (Å²) in [4.78, 5) is 13.2. The van der Waals surface area contributed by atoms with Crippen LogP contribution in [0.2, 0.25) is 0 Å². The fraction of sp³-hybridized carbons (Fsp3) is 0.536. The Bertz CT molecular complexity index is 1210. The van der Waals surface area contributed by atoms with Crippen molar-refractivity contribution in [1.29, 1.82) is 0 Å². The number of carbonyl (C=O) groups is 1. The minimum absolute atomic E-state index is 0.0599. The van der Waals surface area contributed by atoms with Gasteiger partial charge in [0.25, 0.3) is 0 Å². The summed E-state index contributed by atoms with van der Waals surface area (Å²) in [5.41, 5.74) is 0.519. The van der Waals surface area contributed by atoms with Crippen LogP contribution in [0.15, 0.2) is 36.4 Å². The number of carbonyl (C=O) groups excluding carboxylic acids is 1. The fourth-order valence-corrected chi connectivity index (χ4v) is 4.73. The van der Waals surface area contributed by atoms with Crippen molar-refractivity contribution in [2.24, 2.45) is 0 Å². The Morgan fingerprint density at radius 2 is 1.48 bits per heavy atom. The van der Waals surface area contributed by atoms with Crippen LogP contribution in [0.3, 0.4) is 0 Å². The fourth-order valence-electron chi connectivity index (χ4n) is 4.73. The van der Waals surface area contributed by atoms with Crippen LogP contribution >= 0.6 is 0 Å². The normalized spacial score (nSPS) is 33.2. The number of phenolic OH excluding ortho intramolecular Hbond substituents is 2. The number of benzene rings is 2. The molecule has 2 aromatic carbocycles. The quantitative estimate of drug-likeness (QED) is 0.153. The van der Waals surface area contributed by atoms with E-state index in [1.165, 1.54) is 38.3 Å². The molecule has 232 valence electrons. The van der Waals surface area contributed by atoms with Crippen molar-refractivity contribution in [3.05, 3.63) is 47.5 Å². The molecule has 4 rings (SSSR count). The van der Waals surface area contributed by atoms with E-state index in [-0.39, 0.29) is 35.7 Å². The van der Waals surface area contributed by atoms with E-state index in [4.69, 9.17) is 23.7 Å². The van der Waals surface area contributed by atoms with Crippen LogP contribution in [0.1, 0.15) is 29.3 Å². The standard InChI is InChI=1S/C28H36O14/c1-12-21(32)23(34)25(36)27(40-12)39-11-19-22(33)24(35)26(37)28(42-19)41-18-10-15(38-2)9-17(31)20(18)16(30)8-5-13-3-6-14(29)7-4-13/h3-4,6-7,9-10,12,19,21-29,31-37H,5,8,11H2,1-2H3/t12-,19+,21-,22+,23+,24-,25+,26+,27-,28-/m0/s1. The zero-order valence-corrected chi connectivity index (χ0v) is 22.9. The second kappa shape index (κ2) is 13.5. The highest BCUT2D eigenvalue weighted by Crippen LogP contribution is 2.37. The van der Waals surface area contributed by atoms with Gasteiger partial charge in [0.15, 0.2) is 12.1 Å². The highest BCUT2D eigenvalue weighted by molar-refractivity contribution is 6.01. The number of hydrogen-bond donors (Lipinski definition) is 8. The third-order valence-electron chi connectivity index (χ3n) is 7.29. The molecule has 14 nitrogen and oxygen atoms in total. The first-order valence-electron chi connectivity index (χ1n) is 13.3. The van der Waals surface area contributed by atoms with Crippen molar-refractivity contribution < 1.29 is 69.3 Å². The lowest BCUT2D eigenvalue weighted by molar-refractivity contribution is -0.318. The van der Waals surface area contributed by atoms with Gasteiger partial charge >= 0.3 is 0 Å². The van der Waals surface area contributed by atoms with Crippen LogP contribution < -0.4 is 9.47 Å². The highest BCUT2D eigenvalue weighted by Gasteiger charge is 2.47. The van der Waals surface area contributed by atoms with Crippen LogP contribution in [0.4, 0.5) is 0 Å². The zero-order valence-electron chi connectivity index (χ0n) is 22.9. The Morgan fingerprint density at radius 3 is 2.14 bits per heavy atom. The predicted molar refractivity (Wildman–Crippen MR) is 141 cm³/mol. The van der Waals surface area contributed by atoms with Gasteiger partial charge in [-0.05, 0) is 31.0 Å². The van der Waals surface area contributed by atoms with Gasteiger partial charge in [-0.1, -0.05) is 12.1 Å². The molecule has 2 aliphatic heterocycles. The summed E-state index contributed by atoms with van der Waals surface area (Å²) in [5, 5.41) is 81.8. The molecular weight excluding hydrogens is 560 g/mol. The van der Waals surface area contributed by atoms with E-state index < -0.39 is 79.6 Å². The van der Waals surface area contributed by atoms with E-state index in [9.17, 15) is 45.6 Å². The Labute approximate surface area is 240 Å². The summed E-state index contributed by atoms with van der Waals surface area (Å²) in [6.45, 7) is 0.947. The topological polar surface area (TPSA) is 225 Å². The Balaban J connectivity index is 1.50. The summed E-state index contributed by atoms with van der Waals surface area (Å²) in [7, 11) is 1.32. The first-order chi connectivity index (χ1) is 19.9. The highest BCUT2D eigenvalue weighted by atomic mass is 16.7. The molecule has 2 aromatic rings. The van der Waals surface area contributed by atoms with Gasteiger partial charge in [-0.15, -0.1) is 0 Å². The van der Waals surface area contributed by atoms with E-state index in [2.05, 4.69) is 0 Å². The van der Waals surface area contributed by atoms with E-state index in [0.717, 1.165) is 5.56 Å². The molecular formula is C28H36O14. The second-order valence-corrected chi connectivity index (χ2v) is 10.3. The van der Waals surface area contributed by atoms with Gasteiger partial charge < -0.3 is 64.5 Å². The van der Waals surface area contributed by atoms with Crippen molar-refractivity contribution in [1.82, 2.24) is 0 Å². The molecule has 8 N–H and O–H groups in total. The molecule has 0 spiro atoms. The molecule has 2 fully saturated rings. The lowest BCUT2D eigenvalue weighted by Gasteiger charge is -2.42. The summed E-state index contributed by atoms with van der Waals surface area (Å²) in [5.74, 6) is -1.04. The third-order valence-corrected chi connectivity index (χ3v) is 7.29. The van der Waals surface area contributed by atoms with E-state index >= 15 is 0 Å². The lowest BCUT2D eigenvalue weighted by atomic mass is 9.98. The molecule has 0 bridgehead atoms. The molecule has 2 saturated heterocycles. The van der Waals surface area contributed by atoms with E-state index in [1.807, 2.05) is 0 Å². The number of aryl methyl sites for hydroxylation is 1. The van der Waals surface area contributed by atoms with Crippen molar-refractivity contribution in [2.75, 3.05) is 13.7 Å². The van der Waals surface area contributed by atoms with Crippen molar-refractivity contribution in [3.8, 4) is 23.0 Å². The first kappa shape index (κ1) is 31.9. The number of rotatable bonds is 10. The molecule has 14 heteroatoms. The van der Waals surface area contributed by atoms with Gasteiger partial charge in [0, 0.05) is 18.6 Å². The van der Waals surface area contributed by atoms with Gasteiger partial charge in [-0.2, -0.15) is 0 Å². The number of hydrogen-bond acceptors (Lipinski definition) is 14. The zero-order chi connectivity index (χ0) is 30.7. The van der Waals surface area contributed by atoms with Crippen LogP contribution in [-0.2, 0) is 20.6 Å². The average Bonchev–Trinajstić information content (AvgIpc) is 2.97. The predicted octanol–water partition coefficient (Wildman–Crippen LogP) is -1.05. The summed E-state index contributed by atoms with van der Waals surface area (Å²) in [6.07, 6.45) is -14.9. The van der Waals surface area contributed by atoms with Gasteiger partial charge in [0.1, 0.15) is 71.3 Å². The molecule has 2 heterocycles. The van der Waals surface area contributed by atoms with Crippen LogP contribution in [0, 0.1) is 0 Å². The lowest BCUT2D eigenvalue weighted by Crippen LogP contribution is -2.61. The number of ether oxygens (including phenoxy) is 5. The molecule has 2 aliphatic rings. The maximum atomic E-state index is 13.2. The molecule has 0 saturated carbocycles. The SMILES string of the molecule is COc1cc(O)c(C(=O)CCc2ccc(O)cc2)c(O[C@H]2O[C@H](CO[C@H]3O[C@@H](C)[C@H](O)[C@@H](O)[C@H]3O)[C@@H](O)[C@H](O)[C@H]2O)c1. The summed E-state index contributed by atoms with van der Waals surface area (Å²) in [6, 6.07) is 8.75. The largest absolute Gasteiger partial charge is 0.508 e. The molecule has 42 heavy (non-hydrogen) atoms. The van der Waals surface area contributed by atoms with E-state index in [1.54, 1.807) is 12.1 Å². The second-order valence-electron chi connectivity index (χ2n) is 10.3. The Kier molecular flexibility index (Phi) is 10.2. The van der Waals surface area contributed by atoms with Gasteiger partial charge in [-0.25, -0.2) is 0 Å². The van der Waals surface area contributed by atoms with Crippen LogP contribution in [0.5, 0.6) is 23.0 Å². The monoisotopic (exact) mass is 596 g/mol. The number of aliphatic hydroxyl groups excluding tert-OH is 6. The first-order valence-corrected chi connectivity index (χ1v) is 13.3. The van der Waals surface area contributed by atoms with Crippen molar-refractivity contribution in [2.45, 2.75) is 81.2 Å². The molecule has 0 unspecified atom stereocenters. The molecule has 0 aliphatic carbocycles. The molecule has 0 radical (unpaired) electrons. The van der Waals surface area contributed by atoms with Crippen LogP contribution in [-0.4, -0.2) is 122 Å². The minimum atomic E-state index is -1.81. The number of aliphatic hydroxyl groups is 6. The molecule has 0 amide bonds. The maximum Gasteiger partial charge on any atom is 0.229 e. The summed E-state index contributed by atoms with van der Waals surface area (Å²) >= 11 is 0. The molecule has 10 atom stereocenters. The smallest absolute Gasteiger partial charge is 0.229 e. The number of ketones is 1. The number of phenols is 2. The maximum absolute atomic E-state index is 13.2. The number of methoxy groups -OCH3 is 1. The Morgan fingerprint density at radius 1 is 0.833 bits per heavy atom. The third kappa shape index (κ3) is 6.94. The van der Waals surface area contributed by atoms with Crippen molar-refractivity contribution in [3.63, 3.8) is 0 Å². The minimum Gasteiger partial charge on any atom is -0.508 e. The molecule has 0 aromatic heterocycles. The average molecular weight is 597 g/mol. The van der Waals surface area contributed by atoms with Gasteiger partial charge in [-0.3, -0.25) is 4.79 Å². The number of Topliss-reactive ketones (excluding diaryl/α,β-unsaturated/α-hetero) is 1. The summed E-state index contributed by atoms with van der Waals surface area (Å²) < 4.78 is 27.4. The van der Waals surface area contributed by atoms with Gasteiger partial charge in [0.05, 0.1) is 19.8 Å². The van der Waals surface area contributed by atoms with E-state index in [0.29, 0.717) is 0 Å². The number of aromatic hydroxyl groups is 2. The Hall–Kier alpha value is -3.05. The van der Waals surface area contributed by atoms with Crippen molar-refractivity contribution >= 4 is 5.78 Å².